The number of nitrogens with zero attached hydrogens (tertiary/aromatic N) is 6. The Morgan fingerprint density at radius 2 is 0.467 bits per heavy atom. The van der Waals surface area contributed by atoms with Crippen LogP contribution in [0.25, 0.3) is 235 Å². The predicted molar refractivity (Wildman–Crippen MR) is 638 cm³/mol. The van der Waals surface area contributed by atoms with Crippen molar-refractivity contribution in [2.24, 2.45) is 0 Å². The number of fused-ring (bicyclic) bond motifs is 21. The van der Waals surface area contributed by atoms with Gasteiger partial charge in [0.05, 0.1) is 55.8 Å². The summed E-state index contributed by atoms with van der Waals surface area (Å²) in [6.45, 7) is 0. The highest BCUT2D eigenvalue weighted by molar-refractivity contribution is 6.30. The van der Waals surface area contributed by atoms with Gasteiger partial charge in [0.25, 0.3) is 0 Å². The summed E-state index contributed by atoms with van der Waals surface area (Å²) in [5.74, 6) is 0. The fourth-order valence-corrected chi connectivity index (χ4v) is 25.0. The largest absolute Gasteiger partial charge is 0.309 e. The zero-order valence-corrected chi connectivity index (χ0v) is 81.8. The molecule has 3 heterocycles. The third kappa shape index (κ3) is 13.6. The minimum Gasteiger partial charge on any atom is -0.309 e. The summed E-state index contributed by atoms with van der Waals surface area (Å²) in [5.41, 5.74) is 31.0. The Hall–Kier alpha value is -19.9. The molecular formula is C144H92N6. The molecule has 0 aliphatic carbocycles. The number of benzene rings is 27. The molecule has 0 saturated heterocycles. The van der Waals surface area contributed by atoms with E-state index in [4.69, 9.17) is 0 Å². The molecule has 0 fully saturated rings. The summed E-state index contributed by atoms with van der Waals surface area (Å²) in [6, 6.07) is 208. The Labute approximate surface area is 866 Å². The summed E-state index contributed by atoms with van der Waals surface area (Å²) in [4.78, 5) is 7.64. The normalized spacial score (nSPS) is 11.9. The van der Waals surface area contributed by atoms with Crippen molar-refractivity contribution < 1.29 is 0 Å². The minimum atomic E-state index is 1.02. The van der Waals surface area contributed by atoms with Crippen LogP contribution in [-0.4, -0.2) is 13.7 Å². The number of rotatable bonds is 17. The minimum absolute atomic E-state index is 1.02. The standard InChI is InChI=1S/C144H92N6/c1-4-40-101(41-5-1)146(107-46-34-47-108(92-107)148-133-71-30-26-57-120(133)121-58-27-31-72-134(121)148)143-128-63-22-16-53-116(128)113-50-13-19-60-125(113)139(143)123-67-33-39-97-89-96(81-88-110(97)123)93-79-82-104(83-80-93)145(105-84-86-106(87-85-105)147-131-69-28-24-55-118(131)119-56-25-29-70-132(119)147)142-127-62-21-15-52-115(127)112-49-12-18-59-124(112)137(142)99-78-76-94-75-77-98(90-100(94)91-99)111-65-35-73-135-138(111)130-68-36-74-136(141(130)149(135)102-42-6-2-7-43-102)150(103-44-8-3-9-45-103)144-129-64-23-17-54-117(129)114-51-14-20-61-126(114)140(144)122-66-32-38-95-37-10-11-48-109(95)122/h1-92H. The number of aromatic nitrogens is 3. The van der Waals surface area contributed by atoms with Crippen LogP contribution in [0.1, 0.15) is 0 Å². The van der Waals surface area contributed by atoms with E-state index in [9.17, 15) is 0 Å². The van der Waals surface area contributed by atoms with Gasteiger partial charge in [-0.2, -0.15) is 0 Å². The van der Waals surface area contributed by atoms with Gasteiger partial charge in [-0.3, -0.25) is 0 Å². The SMILES string of the molecule is c1ccc(N(c2cccc(-n3c4ccccc4c4ccccc43)c2)c2c(-c3cccc4cc(-c5ccc(N(c6ccc(-n7c8ccccc8c8ccccc87)cc6)c6c(-c7ccc8ccc(-c9cccc%10c9c9cccc(N(c%11ccccc%11)c%11c(-c%12cccc%13ccccc%12%13)c%12ccccc%12c%12ccccc%11%12)c9n%10-c9ccccc9)cc8c7)c7ccccc7c7ccccc67)cc5)ccc34)c3ccccc3c3ccccc23)cc1. The lowest BCUT2D eigenvalue weighted by Gasteiger charge is -2.31. The van der Waals surface area contributed by atoms with Crippen LogP contribution in [-0.2, 0) is 0 Å². The van der Waals surface area contributed by atoms with Gasteiger partial charge >= 0.3 is 0 Å². The molecular weight excluding hydrogens is 1810 g/mol. The van der Waals surface area contributed by atoms with Crippen molar-refractivity contribution in [1.29, 1.82) is 0 Å². The highest BCUT2D eigenvalue weighted by Crippen LogP contribution is 2.58. The quantitative estimate of drug-likeness (QED) is 0.0850. The zero-order chi connectivity index (χ0) is 98.5. The molecule has 0 unspecified atom stereocenters. The first-order chi connectivity index (χ1) is 74.5. The van der Waals surface area contributed by atoms with Gasteiger partial charge in [0.2, 0.25) is 0 Å². The molecule has 30 rings (SSSR count). The lowest BCUT2D eigenvalue weighted by molar-refractivity contribution is 1.17. The van der Waals surface area contributed by atoms with Gasteiger partial charge in [0.15, 0.2) is 0 Å². The molecule has 0 saturated carbocycles. The molecule has 0 amide bonds. The number of hydrogen-bond donors (Lipinski definition) is 0. The van der Waals surface area contributed by atoms with Crippen LogP contribution in [0.2, 0.25) is 0 Å². The van der Waals surface area contributed by atoms with Crippen molar-refractivity contribution in [1.82, 2.24) is 13.7 Å². The number of para-hydroxylation sites is 8. The molecule has 30 aromatic rings. The molecule has 3 aromatic heterocycles. The summed E-state index contributed by atoms with van der Waals surface area (Å²) in [6.07, 6.45) is 0. The van der Waals surface area contributed by atoms with Crippen LogP contribution in [0.5, 0.6) is 0 Å². The maximum absolute atomic E-state index is 2.57. The first-order valence-electron chi connectivity index (χ1n) is 51.8. The Balaban J connectivity index is 0.587. The lowest BCUT2D eigenvalue weighted by atomic mass is 9.87. The zero-order valence-electron chi connectivity index (χ0n) is 81.8. The van der Waals surface area contributed by atoms with E-state index >= 15 is 0 Å². The molecule has 6 heteroatoms. The van der Waals surface area contributed by atoms with Crippen molar-refractivity contribution in [3.8, 4) is 72.7 Å². The second-order valence-corrected chi connectivity index (χ2v) is 39.5. The summed E-state index contributed by atoms with van der Waals surface area (Å²) < 4.78 is 7.38. The Morgan fingerprint density at radius 1 is 0.140 bits per heavy atom. The van der Waals surface area contributed by atoms with Crippen molar-refractivity contribution in [3.63, 3.8) is 0 Å². The van der Waals surface area contributed by atoms with E-state index in [-0.39, 0.29) is 0 Å². The van der Waals surface area contributed by atoms with Gasteiger partial charge in [0, 0.05) is 111 Å². The van der Waals surface area contributed by atoms with Gasteiger partial charge in [-0.05, 0) is 265 Å². The maximum Gasteiger partial charge on any atom is 0.0782 e. The van der Waals surface area contributed by atoms with E-state index in [1.54, 1.807) is 0 Å². The van der Waals surface area contributed by atoms with Gasteiger partial charge in [-0.25, -0.2) is 0 Å². The van der Waals surface area contributed by atoms with Crippen LogP contribution in [0.3, 0.4) is 0 Å². The van der Waals surface area contributed by atoms with E-state index < -0.39 is 0 Å². The molecule has 0 spiro atoms. The summed E-state index contributed by atoms with van der Waals surface area (Å²) >= 11 is 0. The fourth-order valence-electron chi connectivity index (χ4n) is 25.0. The lowest BCUT2D eigenvalue weighted by Crippen LogP contribution is -2.14. The van der Waals surface area contributed by atoms with Crippen molar-refractivity contribution >= 4 is 214 Å². The first-order valence-corrected chi connectivity index (χ1v) is 51.8. The van der Waals surface area contributed by atoms with Gasteiger partial charge in [-0.1, -0.05) is 413 Å². The van der Waals surface area contributed by atoms with Crippen LogP contribution in [0.15, 0.2) is 558 Å². The molecule has 0 bridgehead atoms. The maximum atomic E-state index is 2.57. The van der Waals surface area contributed by atoms with Crippen LogP contribution in [0.4, 0.5) is 51.2 Å². The number of hydrogen-bond acceptors (Lipinski definition) is 3. The predicted octanol–water partition coefficient (Wildman–Crippen LogP) is 40.1. The topological polar surface area (TPSA) is 24.5 Å². The van der Waals surface area contributed by atoms with Gasteiger partial charge < -0.3 is 28.4 Å². The summed E-state index contributed by atoms with van der Waals surface area (Å²) in [7, 11) is 0. The van der Waals surface area contributed by atoms with Crippen molar-refractivity contribution in [2.75, 3.05) is 14.7 Å². The third-order valence-corrected chi connectivity index (χ3v) is 31.4. The monoisotopic (exact) mass is 1900 g/mol. The molecule has 150 heavy (non-hydrogen) atoms. The molecule has 6 nitrogen and oxygen atoms in total. The first kappa shape index (κ1) is 85.6. The van der Waals surface area contributed by atoms with E-state index in [0.717, 1.165) is 183 Å². The molecule has 698 valence electrons. The van der Waals surface area contributed by atoms with Gasteiger partial charge in [0.1, 0.15) is 0 Å². The van der Waals surface area contributed by atoms with Crippen molar-refractivity contribution in [3.05, 3.63) is 558 Å². The number of anilines is 9. The molecule has 27 aromatic carbocycles. The third-order valence-electron chi connectivity index (χ3n) is 31.4. The van der Waals surface area contributed by atoms with Crippen LogP contribution < -0.4 is 14.7 Å². The fraction of sp³-hybridized carbons (Fsp3) is 0. The average molecular weight is 1910 g/mol. The highest BCUT2D eigenvalue weighted by atomic mass is 15.2. The molecule has 0 atom stereocenters. The van der Waals surface area contributed by atoms with Crippen LogP contribution in [0, 0.1) is 0 Å². The van der Waals surface area contributed by atoms with E-state index in [1.165, 1.54) is 103 Å². The Morgan fingerprint density at radius 3 is 1.02 bits per heavy atom. The van der Waals surface area contributed by atoms with Crippen LogP contribution >= 0.6 is 0 Å². The van der Waals surface area contributed by atoms with Gasteiger partial charge in [-0.15, -0.1) is 0 Å². The van der Waals surface area contributed by atoms with E-state index in [2.05, 4.69) is 587 Å². The molecule has 0 aliphatic rings. The molecule has 0 radical (unpaired) electrons. The summed E-state index contributed by atoms with van der Waals surface area (Å²) in [5, 5.41) is 28.3. The van der Waals surface area contributed by atoms with E-state index in [0.29, 0.717) is 0 Å². The molecule has 0 N–H and O–H groups in total. The van der Waals surface area contributed by atoms with Crippen molar-refractivity contribution in [2.45, 2.75) is 0 Å². The second kappa shape index (κ2) is 35.0. The molecule has 0 aliphatic heterocycles. The second-order valence-electron chi connectivity index (χ2n) is 39.5. The smallest absolute Gasteiger partial charge is 0.0782 e. The van der Waals surface area contributed by atoms with E-state index in [1.807, 2.05) is 0 Å². The Bertz CT molecular complexity index is 10600. The highest BCUT2D eigenvalue weighted by Gasteiger charge is 2.33. The Kier molecular flexibility index (Phi) is 20.0. The average Bonchev–Trinajstić information content (AvgIpc) is 1.36.